The average molecular weight is 509 g/mol. The van der Waals surface area contributed by atoms with Gasteiger partial charge in [-0.2, -0.15) is 0 Å². The number of nitrogens with two attached hydrogens (primary N) is 1. The Bertz CT molecular complexity index is 1140. The molecule has 3 amide bonds. The molecule has 0 aromatic heterocycles. The first-order chi connectivity index (χ1) is 16.2. The molecule has 2 unspecified atom stereocenters. The molecular formula is C21H24N4O9S. The van der Waals surface area contributed by atoms with Crippen LogP contribution >= 0.6 is 11.8 Å². The number of carbonyl (C=O) groups excluding carboxylic acids is 5. The van der Waals surface area contributed by atoms with Crippen molar-refractivity contribution in [3.63, 3.8) is 0 Å². The summed E-state index contributed by atoms with van der Waals surface area (Å²) in [7, 11) is 0. The number of carboxylic acids is 1. The van der Waals surface area contributed by atoms with Crippen molar-refractivity contribution in [2.75, 3.05) is 0 Å². The van der Waals surface area contributed by atoms with Gasteiger partial charge in [0.05, 0.1) is 11.2 Å². The van der Waals surface area contributed by atoms with Gasteiger partial charge in [-0.25, -0.2) is 4.79 Å². The third-order valence-electron chi connectivity index (χ3n) is 5.65. The lowest BCUT2D eigenvalue weighted by molar-refractivity contribution is -0.182. The van der Waals surface area contributed by atoms with Gasteiger partial charge in [0.1, 0.15) is 6.04 Å². The van der Waals surface area contributed by atoms with E-state index >= 15 is 0 Å². The molecule has 3 rings (SSSR count). The Morgan fingerprint density at radius 2 is 1.77 bits per heavy atom. The highest BCUT2D eigenvalue weighted by atomic mass is 32.2. The van der Waals surface area contributed by atoms with Gasteiger partial charge >= 0.3 is 17.9 Å². The Morgan fingerprint density at radius 1 is 1.17 bits per heavy atom. The SMILES string of the molecule is CC(=O)Oc1ccc(C(N)C(=O)N[C@@]2(C(=O)O)N3C(=O)CC3(NC=O)SC2(C)C)cc1OC(C)=O. The zero-order chi connectivity index (χ0) is 26.3. The summed E-state index contributed by atoms with van der Waals surface area (Å²) in [4.78, 5) is 71.8. The minimum Gasteiger partial charge on any atom is -0.478 e. The summed E-state index contributed by atoms with van der Waals surface area (Å²) < 4.78 is 8.73. The highest BCUT2D eigenvalue weighted by Gasteiger charge is 2.77. The van der Waals surface area contributed by atoms with E-state index in [4.69, 9.17) is 15.2 Å². The molecule has 14 heteroatoms. The predicted molar refractivity (Wildman–Crippen MR) is 120 cm³/mol. The van der Waals surface area contributed by atoms with Gasteiger partial charge in [-0.1, -0.05) is 17.8 Å². The molecule has 1 aromatic carbocycles. The summed E-state index contributed by atoms with van der Waals surface area (Å²) in [5.41, 5.74) is 3.97. The van der Waals surface area contributed by atoms with Crippen molar-refractivity contribution in [2.24, 2.45) is 5.73 Å². The molecule has 3 atom stereocenters. The van der Waals surface area contributed by atoms with E-state index in [-0.39, 0.29) is 23.5 Å². The van der Waals surface area contributed by atoms with E-state index in [2.05, 4.69) is 10.6 Å². The Kier molecular flexibility index (Phi) is 6.57. The van der Waals surface area contributed by atoms with Gasteiger partial charge in [0.2, 0.25) is 23.9 Å². The van der Waals surface area contributed by atoms with Crippen LogP contribution in [0.4, 0.5) is 0 Å². The Morgan fingerprint density at radius 3 is 2.29 bits per heavy atom. The number of carbonyl (C=O) groups is 6. The fourth-order valence-corrected chi connectivity index (χ4v) is 6.08. The maximum absolute atomic E-state index is 13.2. The second-order valence-electron chi connectivity index (χ2n) is 8.44. The number of aliphatic carboxylic acids is 1. The number of benzene rings is 1. The number of hydrogen-bond donors (Lipinski definition) is 4. The van der Waals surface area contributed by atoms with Crippen molar-refractivity contribution in [3.05, 3.63) is 23.8 Å². The summed E-state index contributed by atoms with van der Waals surface area (Å²) in [5, 5.41) is 15.1. The molecule has 2 saturated heterocycles. The molecule has 2 aliphatic rings. The number of nitrogens with one attached hydrogen (secondary N) is 2. The first-order valence-electron chi connectivity index (χ1n) is 10.3. The molecule has 5 N–H and O–H groups in total. The monoisotopic (exact) mass is 508 g/mol. The molecule has 0 spiro atoms. The van der Waals surface area contributed by atoms with Gasteiger partial charge in [0.15, 0.2) is 16.5 Å². The fraction of sp³-hybridized carbons (Fsp3) is 0.429. The predicted octanol–water partition coefficient (Wildman–Crippen LogP) is -0.408. The summed E-state index contributed by atoms with van der Waals surface area (Å²) in [5.74, 6) is -4.74. The van der Waals surface area contributed by atoms with E-state index in [0.717, 1.165) is 30.5 Å². The maximum Gasteiger partial charge on any atom is 0.352 e. The summed E-state index contributed by atoms with van der Waals surface area (Å²) >= 11 is 1.02. The van der Waals surface area contributed by atoms with Crippen LogP contribution in [0.2, 0.25) is 0 Å². The van der Waals surface area contributed by atoms with Gasteiger partial charge in [0.25, 0.3) is 0 Å². The van der Waals surface area contributed by atoms with Gasteiger partial charge in [0, 0.05) is 13.8 Å². The van der Waals surface area contributed by atoms with Gasteiger partial charge in [-0.15, -0.1) is 0 Å². The number of thioether (sulfide) groups is 1. The van der Waals surface area contributed by atoms with Crippen molar-refractivity contribution in [1.82, 2.24) is 15.5 Å². The normalized spacial score (nSPS) is 24.9. The van der Waals surface area contributed by atoms with E-state index in [1.165, 1.54) is 32.0 Å². The molecule has 0 aliphatic carbocycles. The Hall–Kier alpha value is -3.65. The van der Waals surface area contributed by atoms with Crippen LogP contribution in [0, 0.1) is 0 Å². The third-order valence-corrected chi connectivity index (χ3v) is 7.24. The standard InChI is InChI=1S/C21H24N4O9S/c1-10(27)33-13-6-5-12(7-14(13)34-11(2)28)16(22)17(30)24-21(18(31)32)19(3,4)35-20(23-9-26)8-15(29)25(20)21/h5-7,9,16H,8,22H2,1-4H3,(H,23,26)(H,24,30)(H,31,32)/t16?,20?,21-/m0/s1. The first-order valence-corrected chi connectivity index (χ1v) is 11.1. The largest absolute Gasteiger partial charge is 0.478 e. The lowest BCUT2D eigenvalue weighted by atomic mass is 9.88. The molecule has 2 fully saturated rings. The zero-order valence-electron chi connectivity index (χ0n) is 19.2. The number of ether oxygens (including phenoxy) is 2. The molecule has 2 aliphatic heterocycles. The molecule has 1 aromatic rings. The zero-order valence-corrected chi connectivity index (χ0v) is 20.1. The number of β-lactam (4-membered cyclic amide) rings is 1. The molecule has 13 nitrogen and oxygen atoms in total. The van der Waals surface area contributed by atoms with Gasteiger partial charge in [-0.05, 0) is 31.5 Å². The topological polar surface area (TPSA) is 194 Å². The lowest BCUT2D eigenvalue weighted by Gasteiger charge is -2.51. The van der Waals surface area contributed by atoms with Crippen molar-refractivity contribution in [2.45, 2.75) is 55.6 Å². The maximum atomic E-state index is 13.2. The molecule has 0 radical (unpaired) electrons. The first kappa shape index (κ1) is 26.0. The Balaban J connectivity index is 1.97. The molecule has 188 valence electrons. The van der Waals surface area contributed by atoms with E-state index < -0.39 is 51.2 Å². The minimum absolute atomic E-state index is 0.0877. The van der Waals surface area contributed by atoms with E-state index in [1.807, 2.05) is 0 Å². The van der Waals surface area contributed by atoms with Crippen LogP contribution in [-0.2, 0) is 28.8 Å². The summed E-state index contributed by atoms with van der Waals surface area (Å²) in [6.07, 6.45) is 0.204. The van der Waals surface area contributed by atoms with Gasteiger partial charge < -0.3 is 30.9 Å². The minimum atomic E-state index is -2.24. The van der Waals surface area contributed by atoms with Gasteiger partial charge in [-0.3, -0.25) is 28.9 Å². The molecule has 35 heavy (non-hydrogen) atoms. The number of esters is 2. The second-order valence-corrected chi connectivity index (χ2v) is 10.3. The van der Waals surface area contributed by atoms with Crippen LogP contribution in [0.3, 0.4) is 0 Å². The van der Waals surface area contributed by atoms with Crippen LogP contribution in [0.15, 0.2) is 18.2 Å². The third kappa shape index (κ3) is 4.18. The molecule has 2 heterocycles. The quantitative estimate of drug-likeness (QED) is 0.154. The van der Waals surface area contributed by atoms with E-state index in [1.54, 1.807) is 0 Å². The van der Waals surface area contributed by atoms with Crippen LogP contribution in [0.1, 0.15) is 45.7 Å². The highest BCUT2D eigenvalue weighted by molar-refractivity contribution is 8.02. The fourth-order valence-electron chi connectivity index (χ4n) is 4.23. The summed E-state index contributed by atoms with van der Waals surface area (Å²) in [6.45, 7) is 5.30. The molecule has 0 bridgehead atoms. The van der Waals surface area contributed by atoms with Crippen molar-refractivity contribution >= 4 is 47.9 Å². The second kappa shape index (κ2) is 8.85. The molecule has 0 saturated carbocycles. The Labute approximate surface area is 203 Å². The number of carboxylic acid groups (broad SMARTS) is 1. The molecular weight excluding hydrogens is 484 g/mol. The van der Waals surface area contributed by atoms with Crippen LogP contribution in [-0.4, -0.2) is 61.5 Å². The smallest absolute Gasteiger partial charge is 0.352 e. The lowest BCUT2D eigenvalue weighted by Crippen LogP contribution is -2.80. The number of fused-ring (bicyclic) bond motifs is 1. The van der Waals surface area contributed by atoms with Crippen molar-refractivity contribution in [1.29, 1.82) is 0 Å². The number of nitrogens with zero attached hydrogens (tertiary/aromatic N) is 1. The summed E-state index contributed by atoms with van der Waals surface area (Å²) in [6, 6.07) is 2.34. The van der Waals surface area contributed by atoms with Crippen LogP contribution in [0.25, 0.3) is 0 Å². The van der Waals surface area contributed by atoms with Crippen LogP contribution < -0.4 is 25.8 Å². The number of hydrogen-bond acceptors (Lipinski definition) is 10. The number of rotatable bonds is 8. The average Bonchev–Trinajstić information content (AvgIpc) is 2.87. The van der Waals surface area contributed by atoms with E-state index in [9.17, 15) is 33.9 Å². The van der Waals surface area contributed by atoms with Crippen LogP contribution in [0.5, 0.6) is 11.5 Å². The van der Waals surface area contributed by atoms with Crippen molar-refractivity contribution in [3.8, 4) is 11.5 Å². The highest BCUT2D eigenvalue weighted by Crippen LogP contribution is 2.61. The van der Waals surface area contributed by atoms with Crippen molar-refractivity contribution < 1.29 is 43.3 Å². The number of amides is 3. The van der Waals surface area contributed by atoms with E-state index in [0.29, 0.717) is 6.41 Å².